The number of anilines is 1. The highest BCUT2D eigenvalue weighted by Crippen LogP contribution is 2.41. The molecule has 0 unspecified atom stereocenters. The molecule has 2 rings (SSSR count). The Labute approximate surface area is 111 Å². The van der Waals surface area contributed by atoms with Crippen LogP contribution in [0.2, 0.25) is 5.02 Å². The van der Waals surface area contributed by atoms with Gasteiger partial charge in [0, 0.05) is 17.6 Å². The second-order valence-electron chi connectivity index (χ2n) is 3.98. The molecule has 1 saturated heterocycles. The van der Waals surface area contributed by atoms with Crippen LogP contribution in [0.4, 0.5) is 18.9 Å². The number of benzene rings is 1. The minimum atomic E-state index is -4.37. The van der Waals surface area contributed by atoms with E-state index >= 15 is 0 Å². The Morgan fingerprint density at radius 3 is 2.24 bits per heavy atom. The van der Waals surface area contributed by atoms with Crippen LogP contribution in [-0.2, 0) is 6.18 Å². The van der Waals surface area contributed by atoms with Crippen molar-refractivity contribution in [1.82, 2.24) is 0 Å². The second-order valence-corrected chi connectivity index (χ2v) is 5.24. The lowest BCUT2D eigenvalue weighted by Gasteiger charge is -2.22. The molecule has 1 nitrogen and oxygen atoms in total. The van der Waals surface area contributed by atoms with Crippen molar-refractivity contribution in [2.75, 3.05) is 18.0 Å². The fraction of sp³-hybridized carbons (Fsp3) is 0.455. The average molecular weight is 329 g/mol. The summed E-state index contributed by atoms with van der Waals surface area (Å²) in [5, 5.41) is 0.147. The molecule has 0 saturated carbocycles. The largest absolute Gasteiger partial charge is 0.416 e. The first kappa shape index (κ1) is 13.0. The molecule has 0 spiro atoms. The van der Waals surface area contributed by atoms with E-state index < -0.39 is 11.7 Å². The van der Waals surface area contributed by atoms with Gasteiger partial charge in [0.25, 0.3) is 0 Å². The number of hydrogen-bond acceptors (Lipinski definition) is 1. The summed E-state index contributed by atoms with van der Waals surface area (Å²) in [6.45, 7) is 1.67. The molecule has 17 heavy (non-hydrogen) atoms. The van der Waals surface area contributed by atoms with Crippen LogP contribution in [-0.4, -0.2) is 13.1 Å². The van der Waals surface area contributed by atoms with Crippen molar-refractivity contribution in [2.24, 2.45) is 0 Å². The Hall–Kier alpha value is -0.420. The standard InChI is InChI=1S/C11H10BrClF3N/c12-8-5-7(11(14,15)16)6-9(13)10(8)17-3-1-2-4-17/h5-6H,1-4H2. The maximum absolute atomic E-state index is 12.6. The minimum absolute atomic E-state index is 0.147. The van der Waals surface area contributed by atoms with Gasteiger partial charge in [0.15, 0.2) is 0 Å². The molecular weight excluding hydrogens is 318 g/mol. The lowest BCUT2D eigenvalue weighted by Crippen LogP contribution is -2.19. The van der Waals surface area contributed by atoms with Crippen LogP contribution in [0.3, 0.4) is 0 Å². The van der Waals surface area contributed by atoms with E-state index in [2.05, 4.69) is 15.9 Å². The van der Waals surface area contributed by atoms with E-state index in [0.29, 0.717) is 10.2 Å². The van der Waals surface area contributed by atoms with Gasteiger partial charge in [0.2, 0.25) is 0 Å². The Kier molecular flexibility index (Phi) is 3.59. The third-order valence-corrected chi connectivity index (χ3v) is 3.66. The SMILES string of the molecule is FC(F)(F)c1cc(Cl)c(N2CCCC2)c(Br)c1. The average Bonchev–Trinajstić information content (AvgIpc) is 2.68. The van der Waals surface area contributed by atoms with Crippen molar-refractivity contribution >= 4 is 33.2 Å². The maximum atomic E-state index is 12.6. The highest BCUT2D eigenvalue weighted by atomic mass is 79.9. The number of nitrogens with zero attached hydrogens (tertiary/aromatic N) is 1. The first-order chi connectivity index (χ1) is 7.89. The number of rotatable bonds is 1. The predicted molar refractivity (Wildman–Crippen MR) is 65.6 cm³/mol. The third-order valence-electron chi connectivity index (χ3n) is 2.77. The van der Waals surface area contributed by atoms with E-state index in [0.717, 1.165) is 38.1 Å². The Balaban J connectivity index is 2.42. The molecule has 1 fully saturated rings. The maximum Gasteiger partial charge on any atom is 0.416 e. The van der Waals surface area contributed by atoms with Gasteiger partial charge in [0.1, 0.15) is 0 Å². The minimum Gasteiger partial charge on any atom is -0.369 e. The van der Waals surface area contributed by atoms with Crippen molar-refractivity contribution < 1.29 is 13.2 Å². The van der Waals surface area contributed by atoms with Gasteiger partial charge < -0.3 is 4.90 Å². The molecule has 0 N–H and O–H groups in total. The van der Waals surface area contributed by atoms with E-state index in [1.54, 1.807) is 0 Å². The summed E-state index contributed by atoms with van der Waals surface area (Å²) in [4.78, 5) is 2.01. The van der Waals surface area contributed by atoms with E-state index in [1.807, 2.05) is 4.90 Å². The summed E-state index contributed by atoms with van der Waals surface area (Å²) < 4.78 is 38.1. The van der Waals surface area contributed by atoms with Crippen molar-refractivity contribution in [2.45, 2.75) is 19.0 Å². The van der Waals surface area contributed by atoms with Crippen LogP contribution >= 0.6 is 27.5 Å². The van der Waals surface area contributed by atoms with Crippen LogP contribution in [0.1, 0.15) is 18.4 Å². The van der Waals surface area contributed by atoms with E-state index in [-0.39, 0.29) is 5.02 Å². The van der Waals surface area contributed by atoms with Crippen molar-refractivity contribution in [3.63, 3.8) is 0 Å². The first-order valence-electron chi connectivity index (χ1n) is 5.21. The van der Waals surface area contributed by atoms with Gasteiger partial charge in [-0.3, -0.25) is 0 Å². The quantitative estimate of drug-likeness (QED) is 0.721. The summed E-state index contributed by atoms with van der Waals surface area (Å²) in [5.74, 6) is 0. The van der Waals surface area contributed by atoms with Crippen molar-refractivity contribution in [3.05, 3.63) is 27.2 Å². The molecule has 1 aromatic rings. The van der Waals surface area contributed by atoms with Gasteiger partial charge in [-0.15, -0.1) is 0 Å². The molecule has 0 radical (unpaired) electrons. The molecule has 0 atom stereocenters. The van der Waals surface area contributed by atoms with Crippen LogP contribution in [0.15, 0.2) is 16.6 Å². The molecule has 0 amide bonds. The summed E-state index contributed by atoms with van der Waals surface area (Å²) in [5.41, 5.74) is -0.0607. The Morgan fingerprint density at radius 1 is 1.18 bits per heavy atom. The lowest BCUT2D eigenvalue weighted by molar-refractivity contribution is -0.137. The Bertz CT molecular complexity index is 404. The molecule has 94 valence electrons. The summed E-state index contributed by atoms with van der Waals surface area (Å²) in [6.07, 6.45) is -2.27. The van der Waals surface area contributed by atoms with Crippen LogP contribution in [0.25, 0.3) is 0 Å². The van der Waals surface area contributed by atoms with Gasteiger partial charge in [0.05, 0.1) is 16.3 Å². The van der Waals surface area contributed by atoms with E-state index in [1.165, 1.54) is 0 Å². The smallest absolute Gasteiger partial charge is 0.369 e. The van der Waals surface area contributed by atoms with Gasteiger partial charge >= 0.3 is 6.18 Å². The van der Waals surface area contributed by atoms with Crippen LogP contribution in [0, 0.1) is 0 Å². The Morgan fingerprint density at radius 2 is 1.76 bits per heavy atom. The summed E-state index contributed by atoms with van der Waals surface area (Å²) in [7, 11) is 0. The normalized spacial score (nSPS) is 16.6. The molecule has 1 aliphatic rings. The van der Waals surface area contributed by atoms with Crippen LogP contribution in [0.5, 0.6) is 0 Å². The molecule has 6 heteroatoms. The van der Waals surface area contributed by atoms with Gasteiger partial charge in [-0.2, -0.15) is 13.2 Å². The number of hydrogen-bond donors (Lipinski definition) is 0. The van der Waals surface area contributed by atoms with E-state index in [4.69, 9.17) is 11.6 Å². The fourth-order valence-electron chi connectivity index (χ4n) is 1.97. The van der Waals surface area contributed by atoms with Gasteiger partial charge in [-0.05, 0) is 40.9 Å². The zero-order valence-electron chi connectivity index (χ0n) is 8.82. The molecule has 1 heterocycles. The molecule has 0 bridgehead atoms. The zero-order valence-corrected chi connectivity index (χ0v) is 11.2. The highest BCUT2D eigenvalue weighted by molar-refractivity contribution is 9.10. The molecule has 1 aromatic carbocycles. The summed E-state index contributed by atoms with van der Waals surface area (Å²) >= 11 is 9.12. The van der Waals surface area contributed by atoms with Gasteiger partial charge in [-0.1, -0.05) is 11.6 Å². The third kappa shape index (κ3) is 2.71. The molecule has 1 aliphatic heterocycles. The number of halogens is 5. The molecule has 0 aromatic heterocycles. The zero-order chi connectivity index (χ0) is 12.6. The molecule has 0 aliphatic carbocycles. The van der Waals surface area contributed by atoms with Gasteiger partial charge in [-0.25, -0.2) is 0 Å². The van der Waals surface area contributed by atoms with Crippen molar-refractivity contribution in [1.29, 1.82) is 0 Å². The monoisotopic (exact) mass is 327 g/mol. The second kappa shape index (κ2) is 4.69. The van der Waals surface area contributed by atoms with E-state index in [9.17, 15) is 13.2 Å². The fourth-order valence-corrected chi connectivity index (χ4v) is 3.14. The highest BCUT2D eigenvalue weighted by Gasteiger charge is 2.32. The molecular formula is C11H10BrClF3N. The summed E-state index contributed by atoms with van der Waals surface area (Å²) in [6, 6.07) is 2.07. The topological polar surface area (TPSA) is 3.24 Å². The lowest BCUT2D eigenvalue weighted by atomic mass is 10.2. The predicted octanol–water partition coefficient (Wildman–Crippen LogP) is 4.72. The number of alkyl halides is 3. The first-order valence-corrected chi connectivity index (χ1v) is 6.38. The van der Waals surface area contributed by atoms with Crippen molar-refractivity contribution in [3.8, 4) is 0 Å². The van der Waals surface area contributed by atoms with Crippen LogP contribution < -0.4 is 4.90 Å².